The van der Waals surface area contributed by atoms with E-state index in [0.29, 0.717) is 31.3 Å². The molecule has 1 aromatic heterocycles. The maximum absolute atomic E-state index is 12.8. The molecule has 6 nitrogen and oxygen atoms in total. The van der Waals surface area contributed by atoms with Gasteiger partial charge in [-0.05, 0) is 51.3 Å². The van der Waals surface area contributed by atoms with Gasteiger partial charge in [-0.1, -0.05) is 12.1 Å². The number of nitrogens with zero attached hydrogens (tertiary/aromatic N) is 4. The van der Waals surface area contributed by atoms with Crippen LogP contribution in [-0.4, -0.2) is 39.4 Å². The molecule has 0 aliphatic carbocycles. The molecular weight excluding hydrogens is 316 g/mol. The number of fused-ring (bicyclic) bond motifs is 1. The number of aromatic nitrogens is 2. The van der Waals surface area contributed by atoms with Crippen molar-refractivity contribution in [2.45, 2.75) is 40.8 Å². The van der Waals surface area contributed by atoms with Crippen LogP contribution < -0.4 is 10.5 Å². The average Bonchev–Trinajstić information content (AvgIpc) is 2.60. The van der Waals surface area contributed by atoms with Crippen LogP contribution in [0.5, 0.6) is 0 Å². The molecule has 1 aliphatic heterocycles. The molecule has 0 saturated heterocycles. The Balaban J connectivity index is 2.14. The Bertz CT molecular complexity index is 844. The van der Waals surface area contributed by atoms with E-state index in [0.717, 1.165) is 17.9 Å². The molecule has 0 radical (unpaired) electrons. The lowest BCUT2D eigenvalue weighted by atomic mass is 10.1. The number of aliphatic hydroxyl groups is 1. The largest absolute Gasteiger partial charge is 0.396 e. The summed E-state index contributed by atoms with van der Waals surface area (Å²) in [5.41, 5.74) is 4.93. The first-order chi connectivity index (χ1) is 11.9. The summed E-state index contributed by atoms with van der Waals surface area (Å²) in [5, 5.41) is 9.17. The zero-order valence-corrected chi connectivity index (χ0v) is 15.4. The quantitative estimate of drug-likeness (QED) is 0.923. The molecule has 0 unspecified atom stereocenters. The van der Waals surface area contributed by atoms with Crippen molar-refractivity contribution in [3.8, 4) is 0 Å². The second kappa shape index (κ2) is 6.98. The summed E-state index contributed by atoms with van der Waals surface area (Å²) in [4.78, 5) is 21.8. The van der Waals surface area contributed by atoms with Crippen molar-refractivity contribution in [2.24, 2.45) is 0 Å². The van der Waals surface area contributed by atoms with Crippen LogP contribution in [0.25, 0.3) is 0 Å². The Hall–Kier alpha value is -2.18. The van der Waals surface area contributed by atoms with Crippen molar-refractivity contribution in [3.63, 3.8) is 0 Å². The maximum atomic E-state index is 12.8. The predicted molar refractivity (Wildman–Crippen MR) is 99.3 cm³/mol. The monoisotopic (exact) mass is 342 g/mol. The number of rotatable bonds is 4. The Morgan fingerprint density at radius 1 is 1.12 bits per heavy atom. The average molecular weight is 342 g/mol. The van der Waals surface area contributed by atoms with Crippen molar-refractivity contribution in [2.75, 3.05) is 24.7 Å². The molecule has 1 aliphatic rings. The Morgan fingerprint density at radius 2 is 1.88 bits per heavy atom. The summed E-state index contributed by atoms with van der Waals surface area (Å²) < 4.78 is 1.74. The van der Waals surface area contributed by atoms with Crippen molar-refractivity contribution in [1.82, 2.24) is 14.5 Å². The van der Waals surface area contributed by atoms with Crippen molar-refractivity contribution >= 4 is 11.6 Å². The topological polar surface area (TPSA) is 61.6 Å². The van der Waals surface area contributed by atoms with E-state index in [4.69, 9.17) is 10.1 Å². The maximum Gasteiger partial charge on any atom is 0.259 e. The van der Waals surface area contributed by atoms with Gasteiger partial charge in [-0.2, -0.15) is 0 Å². The third-order valence-electron chi connectivity index (χ3n) is 5.04. The number of anilines is 2. The van der Waals surface area contributed by atoms with E-state index in [-0.39, 0.29) is 12.2 Å². The van der Waals surface area contributed by atoms with Crippen LogP contribution in [-0.2, 0) is 6.67 Å². The van der Waals surface area contributed by atoms with Gasteiger partial charge >= 0.3 is 0 Å². The molecule has 1 N–H and O–H groups in total. The molecule has 0 fully saturated rings. The van der Waals surface area contributed by atoms with Crippen molar-refractivity contribution in [3.05, 3.63) is 50.9 Å². The molecule has 0 spiro atoms. The second-order valence-electron chi connectivity index (χ2n) is 6.76. The van der Waals surface area contributed by atoms with E-state index in [1.54, 1.807) is 4.57 Å². The highest BCUT2D eigenvalue weighted by molar-refractivity contribution is 5.64. The van der Waals surface area contributed by atoms with Gasteiger partial charge < -0.3 is 5.11 Å². The van der Waals surface area contributed by atoms with Gasteiger partial charge in [0.25, 0.3) is 5.56 Å². The molecule has 6 heteroatoms. The van der Waals surface area contributed by atoms with E-state index in [1.807, 2.05) is 19.9 Å². The zero-order chi connectivity index (χ0) is 18.1. The Morgan fingerprint density at radius 3 is 2.60 bits per heavy atom. The highest BCUT2D eigenvalue weighted by Gasteiger charge is 2.27. The van der Waals surface area contributed by atoms with Gasteiger partial charge in [-0.3, -0.25) is 19.2 Å². The lowest BCUT2D eigenvalue weighted by Gasteiger charge is -2.39. The molecule has 0 atom stereocenters. The van der Waals surface area contributed by atoms with E-state index < -0.39 is 0 Å². The van der Waals surface area contributed by atoms with Gasteiger partial charge in [-0.25, -0.2) is 4.98 Å². The molecule has 2 aromatic rings. The lowest BCUT2D eigenvalue weighted by molar-refractivity contribution is 0.175. The lowest BCUT2D eigenvalue weighted by Crippen LogP contribution is -2.48. The SMILES string of the molecule is Cc1cccc(N2CN(CCCO)Cn3c2nc(C)c(C)c3=O)c1C. The molecule has 3 rings (SSSR count). The molecule has 2 heterocycles. The van der Waals surface area contributed by atoms with Gasteiger partial charge in [-0.15, -0.1) is 0 Å². The summed E-state index contributed by atoms with van der Waals surface area (Å²) in [6, 6.07) is 6.20. The minimum atomic E-state index is 0.00602. The number of hydrogen-bond acceptors (Lipinski definition) is 5. The third kappa shape index (κ3) is 3.19. The summed E-state index contributed by atoms with van der Waals surface area (Å²) in [7, 11) is 0. The first-order valence-electron chi connectivity index (χ1n) is 8.69. The molecule has 25 heavy (non-hydrogen) atoms. The van der Waals surface area contributed by atoms with Crippen LogP contribution in [0.3, 0.4) is 0 Å². The molecule has 1 aromatic carbocycles. The number of benzene rings is 1. The molecule has 0 saturated carbocycles. The van der Waals surface area contributed by atoms with Crippen LogP contribution in [0.15, 0.2) is 23.0 Å². The molecule has 0 bridgehead atoms. The van der Waals surface area contributed by atoms with E-state index in [9.17, 15) is 4.79 Å². The molecule has 0 amide bonds. The standard InChI is InChI=1S/C19H26N4O2/c1-13-7-5-8-17(14(13)2)22-11-21(9-6-10-24)12-23-18(25)15(3)16(4)20-19(22)23/h5,7-8,24H,6,9-12H2,1-4H3. The zero-order valence-electron chi connectivity index (χ0n) is 15.4. The van der Waals surface area contributed by atoms with E-state index in [1.165, 1.54) is 11.1 Å². The number of hydrogen-bond donors (Lipinski definition) is 1. The molecular formula is C19H26N4O2. The Kier molecular flexibility index (Phi) is 4.92. The highest BCUT2D eigenvalue weighted by atomic mass is 16.3. The van der Waals surface area contributed by atoms with Crippen LogP contribution in [0.1, 0.15) is 28.8 Å². The van der Waals surface area contributed by atoms with Crippen molar-refractivity contribution in [1.29, 1.82) is 0 Å². The molecule has 134 valence electrons. The van der Waals surface area contributed by atoms with Crippen molar-refractivity contribution < 1.29 is 5.11 Å². The minimum absolute atomic E-state index is 0.00602. The first-order valence-corrected chi connectivity index (χ1v) is 8.69. The van der Waals surface area contributed by atoms with Gasteiger partial charge in [0.1, 0.15) is 0 Å². The van der Waals surface area contributed by atoms with E-state index >= 15 is 0 Å². The van der Waals surface area contributed by atoms with Gasteiger partial charge in [0, 0.05) is 30.1 Å². The number of aliphatic hydroxyl groups excluding tert-OH is 1. The fraction of sp³-hybridized carbons (Fsp3) is 0.474. The van der Waals surface area contributed by atoms with Crippen LogP contribution >= 0.6 is 0 Å². The minimum Gasteiger partial charge on any atom is -0.396 e. The summed E-state index contributed by atoms with van der Waals surface area (Å²) in [6.07, 6.45) is 0.684. The summed E-state index contributed by atoms with van der Waals surface area (Å²) >= 11 is 0. The third-order valence-corrected chi connectivity index (χ3v) is 5.04. The van der Waals surface area contributed by atoms with Gasteiger partial charge in [0.05, 0.1) is 13.3 Å². The van der Waals surface area contributed by atoms with Crippen LogP contribution in [0, 0.1) is 27.7 Å². The first kappa shape index (κ1) is 17.6. The van der Waals surface area contributed by atoms with Gasteiger partial charge in [0.2, 0.25) is 5.95 Å². The Labute approximate surface area is 148 Å². The fourth-order valence-electron chi connectivity index (χ4n) is 3.23. The normalized spacial score (nSPS) is 14.7. The van der Waals surface area contributed by atoms with E-state index in [2.05, 4.69) is 35.8 Å². The predicted octanol–water partition coefficient (Wildman–Crippen LogP) is 2.23. The van der Waals surface area contributed by atoms with Crippen LogP contribution in [0.2, 0.25) is 0 Å². The second-order valence-corrected chi connectivity index (χ2v) is 6.76. The number of aryl methyl sites for hydroxylation is 2. The van der Waals surface area contributed by atoms with Gasteiger partial charge in [0.15, 0.2) is 0 Å². The smallest absolute Gasteiger partial charge is 0.259 e. The highest BCUT2D eigenvalue weighted by Crippen LogP contribution is 2.31. The van der Waals surface area contributed by atoms with Crippen LogP contribution in [0.4, 0.5) is 11.6 Å². The summed E-state index contributed by atoms with van der Waals surface area (Å²) in [6.45, 7) is 9.93. The fourth-order valence-corrected chi connectivity index (χ4v) is 3.23. The summed E-state index contributed by atoms with van der Waals surface area (Å²) in [5.74, 6) is 0.696.